The summed E-state index contributed by atoms with van der Waals surface area (Å²) in [5, 5.41) is 4.10. The summed E-state index contributed by atoms with van der Waals surface area (Å²) in [4.78, 5) is 45.9. The van der Waals surface area contributed by atoms with Gasteiger partial charge in [0, 0.05) is 51.0 Å². The summed E-state index contributed by atoms with van der Waals surface area (Å²) in [5.74, 6) is 3.67. The third kappa shape index (κ3) is 8.67. The number of rotatable bonds is 11. The Morgan fingerprint density at radius 2 is 1.80 bits per heavy atom. The van der Waals surface area contributed by atoms with E-state index in [1.165, 1.54) is 0 Å². The van der Waals surface area contributed by atoms with E-state index in [1.807, 2.05) is 25.7 Å². The van der Waals surface area contributed by atoms with Crippen molar-refractivity contribution in [3.05, 3.63) is 18.2 Å². The molecule has 0 unspecified atom stereocenters. The Kier molecular flexibility index (Phi) is 10.7. The molecule has 3 saturated heterocycles. The van der Waals surface area contributed by atoms with Gasteiger partial charge in [-0.05, 0) is 64.2 Å². The summed E-state index contributed by atoms with van der Waals surface area (Å²) in [5.41, 5.74) is -0.550. The topological polar surface area (TPSA) is 127 Å². The molecule has 3 fully saturated rings. The Morgan fingerprint density at radius 1 is 1.04 bits per heavy atom. The lowest BCUT2D eigenvalue weighted by Gasteiger charge is -2.37. The number of aromatic nitrogens is 4. The summed E-state index contributed by atoms with van der Waals surface area (Å²) >= 11 is 0. The van der Waals surface area contributed by atoms with E-state index in [9.17, 15) is 9.59 Å². The van der Waals surface area contributed by atoms with Crippen LogP contribution >= 0.6 is 0 Å². The van der Waals surface area contributed by atoms with Crippen LogP contribution in [0.3, 0.4) is 0 Å². The number of anilines is 2. The monoisotopic (exact) mass is 639 g/mol. The number of carbonyl (C=O) groups is 2. The zero-order chi connectivity index (χ0) is 33.0. The molecule has 0 N–H and O–H groups in total. The number of ether oxygens (including phenoxy) is 2. The lowest BCUT2D eigenvalue weighted by atomic mass is 9.84. The van der Waals surface area contributed by atoms with Crippen LogP contribution in [0.15, 0.2) is 16.9 Å². The number of likely N-dealkylation sites (tertiary alicyclic amines) is 1. The molecule has 2 aromatic rings. The van der Waals surface area contributed by atoms with Gasteiger partial charge in [-0.2, -0.15) is 4.98 Å². The summed E-state index contributed by atoms with van der Waals surface area (Å²) in [6, 6.07) is 0.570. The fourth-order valence-corrected chi connectivity index (χ4v) is 6.93. The Labute approximate surface area is 273 Å². The maximum Gasteiger partial charge on any atom is 0.324 e. The highest BCUT2D eigenvalue weighted by Crippen LogP contribution is 2.33. The highest BCUT2D eigenvalue weighted by molar-refractivity contribution is 5.78. The predicted octanol–water partition coefficient (Wildman–Crippen LogP) is 5.10. The van der Waals surface area contributed by atoms with E-state index in [-0.39, 0.29) is 36.2 Å². The number of piperidine rings is 2. The summed E-state index contributed by atoms with van der Waals surface area (Å²) in [7, 11) is 0. The average molecular weight is 640 g/mol. The van der Waals surface area contributed by atoms with Crippen LogP contribution in [-0.2, 0) is 14.3 Å². The Hall–Kier alpha value is -3.44. The van der Waals surface area contributed by atoms with Gasteiger partial charge in [-0.1, -0.05) is 32.9 Å². The predicted molar refractivity (Wildman–Crippen MR) is 175 cm³/mol. The van der Waals surface area contributed by atoms with Gasteiger partial charge >= 0.3 is 12.0 Å². The molecule has 0 saturated carbocycles. The maximum atomic E-state index is 13.0. The first-order valence-corrected chi connectivity index (χ1v) is 17.2. The van der Waals surface area contributed by atoms with Crippen molar-refractivity contribution >= 4 is 23.7 Å². The number of nitrogens with zero attached hydrogens (tertiary/aromatic N) is 7. The van der Waals surface area contributed by atoms with Gasteiger partial charge < -0.3 is 28.7 Å². The Balaban J connectivity index is 1.11. The minimum Gasteiger partial charge on any atom is -0.477 e. The second kappa shape index (κ2) is 14.5. The lowest BCUT2D eigenvalue weighted by Crippen LogP contribution is -2.49. The molecule has 0 spiro atoms. The van der Waals surface area contributed by atoms with Gasteiger partial charge in [0.25, 0.3) is 0 Å². The van der Waals surface area contributed by atoms with Crippen molar-refractivity contribution in [3.63, 3.8) is 0 Å². The molecule has 0 radical (unpaired) electrons. The first-order chi connectivity index (χ1) is 21.9. The fraction of sp³-hybridized carbons (Fsp3) is 0.765. The van der Waals surface area contributed by atoms with E-state index >= 15 is 0 Å². The number of esters is 1. The zero-order valence-corrected chi connectivity index (χ0v) is 28.8. The van der Waals surface area contributed by atoms with Gasteiger partial charge in [-0.15, -0.1) is 0 Å². The molecule has 254 valence electrons. The largest absolute Gasteiger partial charge is 0.477 e. The van der Waals surface area contributed by atoms with Gasteiger partial charge in [-0.25, -0.2) is 9.97 Å². The summed E-state index contributed by atoms with van der Waals surface area (Å²) < 4.78 is 17.1. The minimum absolute atomic E-state index is 0.0391. The SMILES string of the molecule is CC(C)c1noc(N2CCC([C@H](C)CCOc3cnc(N4C[C@H](CC(=O)OC(C)(C)C)[C@@H](N5CC[C@@H](C)CC5=O)C4)cn3)CC2)n1. The molecule has 46 heavy (non-hydrogen) atoms. The van der Waals surface area contributed by atoms with Crippen LogP contribution in [0, 0.1) is 23.7 Å². The van der Waals surface area contributed by atoms with Crippen molar-refractivity contribution in [1.29, 1.82) is 0 Å². The first-order valence-electron chi connectivity index (χ1n) is 17.2. The van der Waals surface area contributed by atoms with E-state index in [1.54, 1.807) is 12.4 Å². The molecule has 3 aliphatic heterocycles. The highest BCUT2D eigenvalue weighted by atomic mass is 16.6. The molecular formula is C34H53N7O5. The smallest absolute Gasteiger partial charge is 0.324 e. The van der Waals surface area contributed by atoms with E-state index in [0.29, 0.717) is 55.8 Å². The second-order valence-electron chi connectivity index (χ2n) is 14.9. The van der Waals surface area contributed by atoms with E-state index in [2.05, 4.69) is 57.6 Å². The van der Waals surface area contributed by atoms with Gasteiger partial charge in [0.1, 0.15) is 11.4 Å². The first kappa shape index (κ1) is 33.9. The highest BCUT2D eigenvalue weighted by Gasteiger charge is 2.42. The number of carbonyl (C=O) groups excluding carboxylic acids is 2. The normalized spacial score (nSPS) is 23.7. The van der Waals surface area contributed by atoms with Crippen LogP contribution in [0.25, 0.3) is 0 Å². The third-order valence-electron chi connectivity index (χ3n) is 9.69. The minimum atomic E-state index is -0.550. The molecule has 12 heteroatoms. The van der Waals surface area contributed by atoms with Gasteiger partial charge in [0.2, 0.25) is 11.8 Å². The molecular weight excluding hydrogens is 586 g/mol. The number of hydrogen-bond donors (Lipinski definition) is 0. The van der Waals surface area contributed by atoms with Crippen LogP contribution in [0.1, 0.15) is 98.7 Å². The van der Waals surface area contributed by atoms with Crippen molar-refractivity contribution in [2.75, 3.05) is 49.1 Å². The number of hydrogen-bond acceptors (Lipinski definition) is 11. The van der Waals surface area contributed by atoms with Crippen molar-refractivity contribution in [1.82, 2.24) is 25.0 Å². The Bertz CT molecular complexity index is 1300. The molecule has 1 amide bonds. The van der Waals surface area contributed by atoms with Crippen molar-refractivity contribution in [2.45, 2.75) is 105 Å². The molecule has 0 bridgehead atoms. The average Bonchev–Trinajstić information content (AvgIpc) is 3.65. The lowest BCUT2D eigenvalue weighted by molar-refractivity contribution is -0.157. The quantitative estimate of drug-likeness (QED) is 0.305. The zero-order valence-electron chi connectivity index (χ0n) is 28.8. The van der Waals surface area contributed by atoms with Gasteiger partial charge in [0.05, 0.1) is 31.5 Å². The van der Waals surface area contributed by atoms with Crippen LogP contribution in [0.5, 0.6) is 5.88 Å². The third-order valence-corrected chi connectivity index (χ3v) is 9.69. The van der Waals surface area contributed by atoms with Crippen molar-refractivity contribution in [3.8, 4) is 5.88 Å². The molecule has 2 aromatic heterocycles. The van der Waals surface area contributed by atoms with Crippen LogP contribution in [0.4, 0.5) is 11.8 Å². The molecule has 0 aliphatic carbocycles. The maximum absolute atomic E-state index is 13.0. The molecule has 5 heterocycles. The molecule has 4 atom stereocenters. The molecule has 5 rings (SSSR count). The summed E-state index contributed by atoms with van der Waals surface area (Å²) in [6.45, 7) is 18.6. The van der Waals surface area contributed by atoms with Gasteiger partial charge in [0.15, 0.2) is 5.82 Å². The van der Waals surface area contributed by atoms with Crippen LogP contribution in [-0.4, -0.2) is 87.9 Å². The number of amides is 1. The molecule has 0 aromatic carbocycles. The van der Waals surface area contributed by atoms with E-state index in [0.717, 1.165) is 57.0 Å². The van der Waals surface area contributed by atoms with Crippen LogP contribution < -0.4 is 14.5 Å². The van der Waals surface area contributed by atoms with E-state index < -0.39 is 5.60 Å². The molecule has 3 aliphatic rings. The van der Waals surface area contributed by atoms with Crippen molar-refractivity contribution in [2.24, 2.45) is 23.7 Å². The second-order valence-corrected chi connectivity index (χ2v) is 14.9. The standard InChI is InChI=1S/C34H53N7O5/c1-22(2)32-37-33(46-38-32)39-12-9-25(10-13-39)24(4)11-15-44-29-19-35-28(18-36-29)40-20-26(17-31(43)45-34(5,6)7)27(21-40)41-14-8-23(3)16-30(41)42/h18-19,22-27H,8-17,20-21H2,1-7H3/t23-,24-,26+,27+/m1/s1. The fourth-order valence-electron chi connectivity index (χ4n) is 6.93. The van der Waals surface area contributed by atoms with E-state index in [4.69, 9.17) is 14.0 Å². The van der Waals surface area contributed by atoms with Crippen molar-refractivity contribution < 1.29 is 23.6 Å². The van der Waals surface area contributed by atoms with Gasteiger partial charge in [-0.3, -0.25) is 9.59 Å². The summed E-state index contributed by atoms with van der Waals surface area (Å²) in [6.07, 6.45) is 8.32. The van der Waals surface area contributed by atoms with Crippen LogP contribution in [0.2, 0.25) is 0 Å². The Morgan fingerprint density at radius 3 is 2.43 bits per heavy atom. The molecule has 12 nitrogen and oxygen atoms in total.